The topological polar surface area (TPSA) is 131 Å². The maximum absolute atomic E-state index is 13.9. The van der Waals surface area contributed by atoms with E-state index in [2.05, 4.69) is 4.98 Å². The summed E-state index contributed by atoms with van der Waals surface area (Å²) >= 11 is 1.13. The molecule has 3 fully saturated rings. The fourth-order valence-electron chi connectivity index (χ4n) is 6.41. The highest BCUT2D eigenvalue weighted by Crippen LogP contribution is 2.42. The molecule has 2 unspecified atom stereocenters. The number of piperazine rings is 1. The van der Waals surface area contributed by atoms with E-state index < -0.39 is 34.0 Å². The number of carbonyl (C=O) groups excluding carboxylic acids is 1. The van der Waals surface area contributed by atoms with Gasteiger partial charge in [0.25, 0.3) is 0 Å². The molecule has 1 amide bonds. The Balaban J connectivity index is 1.33. The molecule has 12 heteroatoms. The fraction of sp³-hybridized carbons (Fsp3) is 0.433. The van der Waals surface area contributed by atoms with Crippen molar-refractivity contribution in [1.29, 1.82) is 0 Å². The number of β-amino-alcohol motifs (C(OH)–C–C–N with tert-alkyl or cyclic N) is 1. The summed E-state index contributed by atoms with van der Waals surface area (Å²) in [6.45, 7) is 0.786. The third kappa shape index (κ3) is 5.56. The molecular formula is C30H34N4O6S2. The van der Waals surface area contributed by atoms with Gasteiger partial charge in [-0.25, -0.2) is 18.2 Å². The van der Waals surface area contributed by atoms with Crippen molar-refractivity contribution in [3.63, 3.8) is 0 Å². The summed E-state index contributed by atoms with van der Waals surface area (Å²) in [5.41, 5.74) is 1.20. The predicted octanol–water partition coefficient (Wildman–Crippen LogP) is 4.07. The second-order valence-corrected chi connectivity index (χ2v) is 14.3. The normalized spacial score (nSPS) is 22.5. The molecule has 2 atom stereocenters. The fourth-order valence-corrected chi connectivity index (χ4v) is 8.76. The summed E-state index contributed by atoms with van der Waals surface area (Å²) < 4.78 is 28.9. The van der Waals surface area contributed by atoms with Gasteiger partial charge in [-0.15, -0.1) is 11.3 Å². The molecule has 0 radical (unpaired) electrons. The zero-order chi connectivity index (χ0) is 29.4. The van der Waals surface area contributed by atoms with Crippen LogP contribution in [0.5, 0.6) is 0 Å². The van der Waals surface area contributed by atoms with Crippen molar-refractivity contribution >= 4 is 44.7 Å². The van der Waals surface area contributed by atoms with E-state index in [0.29, 0.717) is 31.0 Å². The maximum Gasteiger partial charge on any atom is 0.348 e. The summed E-state index contributed by atoms with van der Waals surface area (Å²) in [6.07, 6.45) is 6.27. The Bertz CT molecular complexity index is 1550. The highest BCUT2D eigenvalue weighted by molar-refractivity contribution is 7.89. The van der Waals surface area contributed by atoms with Gasteiger partial charge in [-0.2, -0.15) is 4.31 Å². The molecule has 2 saturated heterocycles. The quantitative estimate of drug-likeness (QED) is 0.410. The number of carbonyl (C=O) groups is 2. The van der Waals surface area contributed by atoms with E-state index in [9.17, 15) is 28.2 Å². The van der Waals surface area contributed by atoms with Crippen LogP contribution in [0.1, 0.15) is 48.2 Å². The van der Waals surface area contributed by atoms with Gasteiger partial charge in [-0.3, -0.25) is 4.79 Å². The van der Waals surface area contributed by atoms with E-state index >= 15 is 0 Å². The van der Waals surface area contributed by atoms with Gasteiger partial charge in [0.1, 0.15) is 15.6 Å². The lowest BCUT2D eigenvalue weighted by Crippen LogP contribution is -2.60. The number of benzene rings is 1. The summed E-state index contributed by atoms with van der Waals surface area (Å²) in [6, 6.07) is 13.9. The third-order valence-corrected chi connectivity index (χ3v) is 11.5. The lowest BCUT2D eigenvalue weighted by molar-refractivity contribution is -0.121. The summed E-state index contributed by atoms with van der Waals surface area (Å²) in [4.78, 5) is 35.0. The predicted molar refractivity (Wildman–Crippen MR) is 160 cm³/mol. The van der Waals surface area contributed by atoms with Gasteiger partial charge in [0.2, 0.25) is 15.9 Å². The number of pyridine rings is 1. The van der Waals surface area contributed by atoms with Crippen molar-refractivity contribution in [3.05, 3.63) is 59.6 Å². The molecule has 1 aromatic carbocycles. The number of hydrogen-bond donors (Lipinski definition) is 2. The smallest absolute Gasteiger partial charge is 0.348 e. The molecule has 1 saturated carbocycles. The number of aromatic nitrogens is 1. The molecule has 42 heavy (non-hydrogen) atoms. The van der Waals surface area contributed by atoms with Gasteiger partial charge in [-0.05, 0) is 48.9 Å². The lowest BCUT2D eigenvalue weighted by Gasteiger charge is -2.44. The number of nitrogens with zero attached hydrogens (tertiary/aromatic N) is 4. The minimum Gasteiger partial charge on any atom is -0.477 e. The molecular weight excluding hydrogens is 576 g/mol. The molecule has 222 valence electrons. The SMILES string of the molecule is O=C(O)c1sc(-c2ccccc2)cc1N1C(=O)CN(S(=O)(=O)c2ccc(N3CCC(O)C3)nc2)CC1C1CCCCC1. The molecule has 0 bridgehead atoms. The highest BCUT2D eigenvalue weighted by atomic mass is 32.2. The summed E-state index contributed by atoms with van der Waals surface area (Å²) in [5.74, 6) is -0.904. The molecule has 3 aliphatic rings. The third-order valence-electron chi connectivity index (χ3n) is 8.57. The molecule has 4 heterocycles. The highest BCUT2D eigenvalue weighted by Gasteiger charge is 2.44. The van der Waals surface area contributed by atoms with Crippen LogP contribution >= 0.6 is 11.3 Å². The van der Waals surface area contributed by atoms with Gasteiger partial charge >= 0.3 is 5.97 Å². The Morgan fingerprint density at radius 3 is 2.40 bits per heavy atom. The number of sulfonamides is 1. The van der Waals surface area contributed by atoms with Crippen LogP contribution in [-0.4, -0.2) is 78.1 Å². The Kier molecular flexibility index (Phi) is 8.05. The molecule has 3 aromatic rings. The number of aliphatic hydroxyl groups is 1. The maximum atomic E-state index is 13.9. The van der Waals surface area contributed by atoms with Crippen LogP contribution in [-0.2, 0) is 14.8 Å². The van der Waals surface area contributed by atoms with E-state index in [1.165, 1.54) is 16.6 Å². The molecule has 10 nitrogen and oxygen atoms in total. The number of anilines is 2. The zero-order valence-corrected chi connectivity index (χ0v) is 24.8. The average molecular weight is 611 g/mol. The minimum atomic E-state index is -4.05. The van der Waals surface area contributed by atoms with Crippen molar-refractivity contribution in [2.45, 2.75) is 55.6 Å². The van der Waals surface area contributed by atoms with Crippen LogP contribution in [0.3, 0.4) is 0 Å². The number of carboxylic acid groups (broad SMARTS) is 1. The number of rotatable bonds is 7. The van der Waals surface area contributed by atoms with E-state index in [0.717, 1.165) is 53.9 Å². The second kappa shape index (κ2) is 11.8. The number of amides is 1. The van der Waals surface area contributed by atoms with Crippen molar-refractivity contribution in [2.24, 2.45) is 5.92 Å². The van der Waals surface area contributed by atoms with E-state index in [1.807, 2.05) is 35.2 Å². The number of aliphatic hydroxyl groups excluding tert-OH is 1. The molecule has 1 aliphatic carbocycles. The minimum absolute atomic E-state index is 0.00256. The first kappa shape index (κ1) is 28.8. The monoisotopic (exact) mass is 610 g/mol. The molecule has 2 aliphatic heterocycles. The molecule has 0 spiro atoms. The van der Waals surface area contributed by atoms with Crippen LogP contribution in [0.15, 0.2) is 59.6 Å². The first-order valence-corrected chi connectivity index (χ1v) is 16.6. The second-order valence-electron chi connectivity index (χ2n) is 11.3. The first-order chi connectivity index (χ1) is 20.2. The van der Waals surface area contributed by atoms with Crippen molar-refractivity contribution in [2.75, 3.05) is 36.0 Å². The molecule has 2 N–H and O–H groups in total. The van der Waals surface area contributed by atoms with Gasteiger partial charge in [0, 0.05) is 30.7 Å². The number of hydrogen-bond acceptors (Lipinski definition) is 8. The molecule has 2 aromatic heterocycles. The van der Waals surface area contributed by atoms with Crippen LogP contribution in [0.2, 0.25) is 0 Å². The van der Waals surface area contributed by atoms with Crippen LogP contribution in [0, 0.1) is 5.92 Å². The van der Waals surface area contributed by atoms with Crippen LogP contribution in [0.25, 0.3) is 10.4 Å². The first-order valence-electron chi connectivity index (χ1n) is 14.4. The van der Waals surface area contributed by atoms with Crippen LogP contribution in [0.4, 0.5) is 11.5 Å². The van der Waals surface area contributed by atoms with Gasteiger partial charge in [0.05, 0.1) is 24.4 Å². The zero-order valence-electron chi connectivity index (χ0n) is 23.1. The van der Waals surface area contributed by atoms with E-state index in [1.54, 1.807) is 17.0 Å². The number of aromatic carboxylic acids is 1. The Labute approximate surface area is 249 Å². The van der Waals surface area contributed by atoms with Gasteiger partial charge in [-0.1, -0.05) is 49.6 Å². The van der Waals surface area contributed by atoms with E-state index in [4.69, 9.17) is 0 Å². The summed E-state index contributed by atoms with van der Waals surface area (Å²) in [7, 11) is -4.05. The van der Waals surface area contributed by atoms with Crippen molar-refractivity contribution < 1.29 is 28.2 Å². The molecule has 6 rings (SSSR count). The van der Waals surface area contributed by atoms with Gasteiger partial charge in [0.15, 0.2) is 0 Å². The Morgan fingerprint density at radius 1 is 1.00 bits per heavy atom. The van der Waals surface area contributed by atoms with Crippen LogP contribution < -0.4 is 9.80 Å². The van der Waals surface area contributed by atoms with Crippen molar-refractivity contribution in [1.82, 2.24) is 9.29 Å². The number of thiophene rings is 1. The average Bonchev–Trinajstić information content (AvgIpc) is 3.65. The summed E-state index contributed by atoms with van der Waals surface area (Å²) in [5, 5.41) is 20.0. The number of carboxylic acids is 1. The van der Waals surface area contributed by atoms with Gasteiger partial charge < -0.3 is 20.0 Å². The Hall–Kier alpha value is -3.32. The lowest BCUT2D eigenvalue weighted by atomic mass is 9.82. The largest absolute Gasteiger partial charge is 0.477 e. The standard InChI is InChI=1S/C30H34N4O6S2/c35-22-13-14-32(17-22)27-12-11-23(16-31-27)42(39,40)33-18-25(20-7-3-1-4-8-20)34(28(36)19-33)24-15-26(41-29(24)30(37)38)21-9-5-2-6-10-21/h2,5-6,9-12,15-16,20,22,25,35H,1,3-4,7-8,13-14,17-19H2,(H,37,38). The Morgan fingerprint density at radius 2 is 1.76 bits per heavy atom. The van der Waals surface area contributed by atoms with E-state index in [-0.39, 0.29) is 28.8 Å². The van der Waals surface area contributed by atoms with Crippen molar-refractivity contribution in [3.8, 4) is 10.4 Å².